The van der Waals surface area contributed by atoms with Gasteiger partial charge >= 0.3 is 0 Å². The van der Waals surface area contributed by atoms with E-state index < -0.39 is 0 Å². The van der Waals surface area contributed by atoms with Crippen molar-refractivity contribution in [1.29, 1.82) is 0 Å². The van der Waals surface area contributed by atoms with Gasteiger partial charge < -0.3 is 9.47 Å². The van der Waals surface area contributed by atoms with Crippen molar-refractivity contribution in [1.82, 2.24) is 14.5 Å². The topological polar surface area (TPSA) is 21.1 Å². The highest BCUT2D eigenvalue weighted by molar-refractivity contribution is 9.10. The lowest BCUT2D eigenvalue weighted by molar-refractivity contribution is 0.221. The lowest BCUT2D eigenvalue weighted by Crippen LogP contribution is -2.32. The van der Waals surface area contributed by atoms with Crippen molar-refractivity contribution in [3.63, 3.8) is 0 Å². The van der Waals surface area contributed by atoms with Gasteiger partial charge in [0, 0.05) is 35.5 Å². The summed E-state index contributed by atoms with van der Waals surface area (Å²) in [5.74, 6) is 1.06. The molecule has 0 saturated carbocycles. The van der Waals surface area contributed by atoms with Gasteiger partial charge in [-0.1, -0.05) is 34.5 Å². The summed E-state index contributed by atoms with van der Waals surface area (Å²) in [5.41, 5.74) is 1.17. The first kappa shape index (κ1) is 13.8. The van der Waals surface area contributed by atoms with Crippen LogP contribution < -0.4 is 0 Å². The fraction of sp³-hybridized carbons (Fsp3) is 0.438. The van der Waals surface area contributed by atoms with Crippen molar-refractivity contribution in [2.45, 2.75) is 25.8 Å². The zero-order chi connectivity index (χ0) is 13.8. The molecule has 3 nitrogen and oxygen atoms in total. The first-order valence-corrected chi connectivity index (χ1v) is 8.12. The first-order valence-electron chi connectivity index (χ1n) is 7.32. The van der Waals surface area contributed by atoms with Gasteiger partial charge in [0.15, 0.2) is 0 Å². The van der Waals surface area contributed by atoms with Crippen molar-refractivity contribution in [3.05, 3.63) is 41.1 Å². The average molecular weight is 334 g/mol. The number of piperidine rings is 1. The van der Waals surface area contributed by atoms with E-state index in [0.29, 0.717) is 0 Å². The molecular formula is C16H20BrN3. The third-order valence-electron chi connectivity index (χ3n) is 3.90. The molecule has 20 heavy (non-hydrogen) atoms. The third kappa shape index (κ3) is 3.30. The van der Waals surface area contributed by atoms with Crippen molar-refractivity contribution >= 4 is 15.9 Å². The van der Waals surface area contributed by atoms with Gasteiger partial charge in [0.1, 0.15) is 5.82 Å². The molecule has 0 unspecified atom stereocenters. The normalized spacial score (nSPS) is 16.4. The van der Waals surface area contributed by atoms with Crippen LogP contribution in [0.5, 0.6) is 0 Å². The van der Waals surface area contributed by atoms with Crippen LogP contribution in [0, 0.1) is 0 Å². The van der Waals surface area contributed by atoms with Crippen LogP contribution in [0.25, 0.3) is 11.4 Å². The van der Waals surface area contributed by atoms with E-state index in [1.807, 2.05) is 12.3 Å². The van der Waals surface area contributed by atoms with Crippen LogP contribution in [-0.4, -0.2) is 34.1 Å². The molecule has 4 heteroatoms. The number of hydrogen-bond acceptors (Lipinski definition) is 2. The number of hydrogen-bond donors (Lipinski definition) is 0. The second-order valence-corrected chi connectivity index (χ2v) is 6.27. The molecule has 1 fully saturated rings. The smallest absolute Gasteiger partial charge is 0.139 e. The summed E-state index contributed by atoms with van der Waals surface area (Å²) in [7, 11) is 0. The van der Waals surface area contributed by atoms with E-state index >= 15 is 0 Å². The zero-order valence-corrected chi connectivity index (χ0v) is 13.2. The minimum Gasteiger partial charge on any atom is -0.330 e. The summed E-state index contributed by atoms with van der Waals surface area (Å²) in [6, 6.07) is 8.35. The molecule has 1 aromatic carbocycles. The molecule has 0 aliphatic carbocycles. The Labute approximate surface area is 128 Å². The van der Waals surface area contributed by atoms with Gasteiger partial charge in [-0.25, -0.2) is 4.98 Å². The maximum Gasteiger partial charge on any atom is 0.139 e. The van der Waals surface area contributed by atoms with Crippen molar-refractivity contribution in [2.24, 2.45) is 0 Å². The molecule has 1 aliphatic rings. The molecule has 0 amide bonds. The Bertz CT molecular complexity index is 558. The fourth-order valence-electron chi connectivity index (χ4n) is 2.81. The highest BCUT2D eigenvalue weighted by atomic mass is 79.9. The van der Waals surface area contributed by atoms with Gasteiger partial charge in [-0.2, -0.15) is 0 Å². The van der Waals surface area contributed by atoms with E-state index in [4.69, 9.17) is 0 Å². The lowest BCUT2D eigenvalue weighted by atomic mass is 10.1. The predicted octanol–water partition coefficient (Wildman–Crippen LogP) is 3.80. The Kier molecular flexibility index (Phi) is 4.53. The number of nitrogens with zero attached hydrogens (tertiary/aromatic N) is 3. The number of aromatic nitrogens is 2. The van der Waals surface area contributed by atoms with Crippen molar-refractivity contribution in [2.75, 3.05) is 19.6 Å². The van der Waals surface area contributed by atoms with Gasteiger partial charge in [0.25, 0.3) is 0 Å². The lowest BCUT2D eigenvalue weighted by Gasteiger charge is -2.26. The van der Waals surface area contributed by atoms with Crippen LogP contribution in [0.1, 0.15) is 19.3 Å². The van der Waals surface area contributed by atoms with Crippen LogP contribution in [0.3, 0.4) is 0 Å². The number of rotatable bonds is 4. The highest BCUT2D eigenvalue weighted by Crippen LogP contribution is 2.21. The Hall–Kier alpha value is -1.13. The largest absolute Gasteiger partial charge is 0.330 e. The molecule has 0 spiro atoms. The molecule has 3 rings (SSSR count). The third-order valence-corrected chi connectivity index (χ3v) is 4.40. The Morgan fingerprint density at radius 3 is 2.75 bits per heavy atom. The van der Waals surface area contributed by atoms with E-state index in [9.17, 15) is 0 Å². The van der Waals surface area contributed by atoms with Crippen molar-refractivity contribution in [3.8, 4) is 11.4 Å². The SMILES string of the molecule is Brc1cccc(-c2nccn2CCN2CCCCC2)c1. The second kappa shape index (κ2) is 6.55. The van der Waals surface area contributed by atoms with Gasteiger partial charge in [0.05, 0.1) is 0 Å². The average Bonchev–Trinajstić information content (AvgIpc) is 2.95. The molecule has 1 saturated heterocycles. The van der Waals surface area contributed by atoms with Crippen LogP contribution in [-0.2, 0) is 6.54 Å². The van der Waals surface area contributed by atoms with Crippen LogP contribution in [0.2, 0.25) is 0 Å². The van der Waals surface area contributed by atoms with Crippen molar-refractivity contribution < 1.29 is 0 Å². The maximum atomic E-state index is 4.51. The molecule has 106 valence electrons. The zero-order valence-electron chi connectivity index (χ0n) is 11.6. The molecule has 0 atom stereocenters. The second-order valence-electron chi connectivity index (χ2n) is 5.36. The molecule has 0 N–H and O–H groups in total. The molecular weight excluding hydrogens is 314 g/mol. The van der Waals surface area contributed by atoms with Gasteiger partial charge in [-0.15, -0.1) is 0 Å². The summed E-state index contributed by atoms with van der Waals surface area (Å²) in [4.78, 5) is 7.08. The summed E-state index contributed by atoms with van der Waals surface area (Å²) in [6.45, 7) is 4.64. The Morgan fingerprint density at radius 1 is 1.10 bits per heavy atom. The Morgan fingerprint density at radius 2 is 1.95 bits per heavy atom. The molecule has 2 aromatic rings. The van der Waals surface area contributed by atoms with E-state index in [0.717, 1.165) is 23.4 Å². The summed E-state index contributed by atoms with van der Waals surface area (Å²) in [6.07, 6.45) is 8.07. The minimum absolute atomic E-state index is 1.02. The monoisotopic (exact) mass is 333 g/mol. The van der Waals surface area contributed by atoms with E-state index in [1.165, 1.54) is 37.9 Å². The van der Waals surface area contributed by atoms with Crippen LogP contribution in [0.4, 0.5) is 0 Å². The van der Waals surface area contributed by atoms with Crippen LogP contribution in [0.15, 0.2) is 41.1 Å². The van der Waals surface area contributed by atoms with Crippen LogP contribution >= 0.6 is 15.9 Å². The quantitative estimate of drug-likeness (QED) is 0.848. The molecule has 0 radical (unpaired) electrons. The molecule has 0 bridgehead atoms. The van der Waals surface area contributed by atoms with E-state index in [-0.39, 0.29) is 0 Å². The first-order chi connectivity index (χ1) is 9.83. The van der Waals surface area contributed by atoms with E-state index in [2.05, 4.69) is 54.8 Å². The predicted molar refractivity (Wildman–Crippen MR) is 85.7 cm³/mol. The fourth-order valence-corrected chi connectivity index (χ4v) is 3.21. The molecule has 2 heterocycles. The minimum atomic E-state index is 1.02. The number of benzene rings is 1. The van der Waals surface area contributed by atoms with Gasteiger partial charge in [-0.3, -0.25) is 0 Å². The Balaban J connectivity index is 1.70. The summed E-state index contributed by atoms with van der Waals surface area (Å²) in [5, 5.41) is 0. The number of imidazole rings is 1. The molecule has 1 aromatic heterocycles. The van der Waals surface area contributed by atoms with Gasteiger partial charge in [-0.05, 0) is 38.1 Å². The maximum absolute atomic E-state index is 4.51. The summed E-state index contributed by atoms with van der Waals surface area (Å²) >= 11 is 3.53. The summed E-state index contributed by atoms with van der Waals surface area (Å²) < 4.78 is 3.36. The number of halogens is 1. The molecule has 1 aliphatic heterocycles. The standard InChI is InChI=1S/C16H20BrN3/c17-15-6-4-5-14(13-15)16-18-7-10-20(16)12-11-19-8-2-1-3-9-19/h4-7,10,13H,1-3,8-9,11-12H2. The van der Waals surface area contributed by atoms with Gasteiger partial charge in [0.2, 0.25) is 0 Å². The number of likely N-dealkylation sites (tertiary alicyclic amines) is 1. The van der Waals surface area contributed by atoms with E-state index in [1.54, 1.807) is 0 Å². The highest BCUT2D eigenvalue weighted by Gasteiger charge is 2.11.